The highest BCUT2D eigenvalue weighted by Crippen LogP contribution is 2.19. The molecule has 1 aliphatic heterocycles. The molecule has 0 atom stereocenters. The Labute approximate surface area is 134 Å². The molecule has 0 bridgehead atoms. The minimum atomic E-state index is -3.26. The van der Waals surface area contributed by atoms with Gasteiger partial charge in [-0.1, -0.05) is 0 Å². The quantitative estimate of drug-likeness (QED) is 0.726. The normalized spacial score (nSPS) is 17.0. The van der Waals surface area contributed by atoms with E-state index in [-0.39, 0.29) is 12.4 Å². The van der Waals surface area contributed by atoms with Gasteiger partial charge in [-0.15, -0.1) is 0 Å². The Morgan fingerprint density at radius 3 is 2.70 bits per heavy atom. The molecule has 1 aliphatic rings. The lowest BCUT2D eigenvalue weighted by molar-refractivity contribution is 0.215. The molecule has 0 saturated carbocycles. The van der Waals surface area contributed by atoms with Crippen LogP contribution in [0.3, 0.4) is 0 Å². The van der Waals surface area contributed by atoms with Crippen LogP contribution >= 0.6 is 0 Å². The number of aryl methyl sites for hydroxylation is 1. The average molecular weight is 340 g/mol. The number of rotatable bonds is 5. The second kappa shape index (κ2) is 6.38. The third-order valence-electron chi connectivity index (χ3n) is 3.86. The van der Waals surface area contributed by atoms with E-state index in [1.165, 1.54) is 17.7 Å². The third kappa shape index (κ3) is 3.28. The van der Waals surface area contributed by atoms with Crippen molar-refractivity contribution in [1.29, 1.82) is 0 Å². The molecule has 0 unspecified atom stereocenters. The van der Waals surface area contributed by atoms with E-state index in [1.807, 2.05) is 13.0 Å². The van der Waals surface area contributed by atoms with Crippen molar-refractivity contribution >= 4 is 21.6 Å². The smallest absolute Gasteiger partial charge is 0.254 e. The number of fused-ring (bicyclic) bond motifs is 1. The Morgan fingerprint density at radius 2 is 2.00 bits per heavy atom. The zero-order valence-corrected chi connectivity index (χ0v) is 14.0. The van der Waals surface area contributed by atoms with Gasteiger partial charge in [0.2, 0.25) is 10.0 Å². The van der Waals surface area contributed by atoms with E-state index in [1.54, 1.807) is 4.52 Å². The molecule has 3 heterocycles. The number of sulfonamides is 1. The van der Waals surface area contributed by atoms with Gasteiger partial charge >= 0.3 is 0 Å². The zero-order valence-electron chi connectivity index (χ0n) is 13.2. The maximum atomic E-state index is 12.2. The minimum absolute atomic E-state index is 0.0190. The molecule has 0 spiro atoms. The molecule has 9 nitrogen and oxygen atoms in total. The lowest BCUT2D eigenvalue weighted by Crippen LogP contribution is -2.50. The Morgan fingerprint density at radius 1 is 1.26 bits per heavy atom. The topological polar surface area (TPSA) is 92.9 Å². The van der Waals surface area contributed by atoms with Crippen LogP contribution in [0.25, 0.3) is 5.78 Å². The van der Waals surface area contributed by atoms with Gasteiger partial charge in [0.15, 0.2) is 0 Å². The summed E-state index contributed by atoms with van der Waals surface area (Å²) in [6, 6.07) is 1.94. The summed E-state index contributed by atoms with van der Waals surface area (Å²) in [6.07, 6.45) is 1.47. The first-order valence-corrected chi connectivity index (χ1v) is 9.01. The summed E-state index contributed by atoms with van der Waals surface area (Å²) in [5.74, 6) is 1.46. The third-order valence-corrected chi connectivity index (χ3v) is 5.70. The van der Waals surface area contributed by atoms with Crippen LogP contribution in [0.4, 0.5) is 5.82 Å². The van der Waals surface area contributed by atoms with E-state index in [2.05, 4.69) is 20.0 Å². The average Bonchev–Trinajstić information content (AvgIpc) is 3.00. The number of hydrogen-bond acceptors (Lipinski definition) is 7. The van der Waals surface area contributed by atoms with Crippen LogP contribution in [0.15, 0.2) is 12.4 Å². The standard InChI is InChI=1S/C13H20N6O3S/c1-11-9-12(19-13(16-11)14-10-15-19)17-3-5-18(6-4-17)23(20,21)8-7-22-2/h9-10H,3-8H2,1-2H3. The number of nitrogens with zero attached hydrogens (tertiary/aromatic N) is 6. The molecule has 2 aromatic heterocycles. The summed E-state index contributed by atoms with van der Waals surface area (Å²) in [6.45, 7) is 4.22. The van der Waals surface area contributed by atoms with Crippen molar-refractivity contribution in [1.82, 2.24) is 23.9 Å². The van der Waals surface area contributed by atoms with Gasteiger partial charge in [-0.25, -0.2) is 13.4 Å². The first-order chi connectivity index (χ1) is 11.0. The highest BCUT2D eigenvalue weighted by molar-refractivity contribution is 7.89. The Hall–Kier alpha value is -1.78. The van der Waals surface area contributed by atoms with Crippen LogP contribution in [0.2, 0.25) is 0 Å². The molecule has 126 valence electrons. The molecule has 0 N–H and O–H groups in total. The maximum absolute atomic E-state index is 12.2. The Bertz CT molecular complexity index is 782. The number of ether oxygens (including phenoxy) is 1. The predicted molar refractivity (Wildman–Crippen MR) is 85.0 cm³/mol. The fourth-order valence-corrected chi connectivity index (χ4v) is 4.00. The van der Waals surface area contributed by atoms with Gasteiger partial charge in [-0.3, -0.25) is 0 Å². The Kier molecular flexibility index (Phi) is 4.46. The van der Waals surface area contributed by atoms with E-state index in [0.717, 1.165) is 11.5 Å². The van der Waals surface area contributed by atoms with Gasteiger partial charge in [-0.2, -0.15) is 18.9 Å². The lowest BCUT2D eigenvalue weighted by Gasteiger charge is -2.35. The number of anilines is 1. The van der Waals surface area contributed by atoms with E-state index < -0.39 is 10.0 Å². The van der Waals surface area contributed by atoms with Crippen LogP contribution in [0.5, 0.6) is 0 Å². The van der Waals surface area contributed by atoms with E-state index in [0.29, 0.717) is 32.0 Å². The molecular formula is C13H20N6O3S. The fraction of sp³-hybridized carbons (Fsp3) is 0.615. The van der Waals surface area contributed by atoms with Crippen LogP contribution in [0, 0.1) is 6.92 Å². The van der Waals surface area contributed by atoms with Gasteiger partial charge < -0.3 is 9.64 Å². The Balaban J connectivity index is 1.75. The van der Waals surface area contributed by atoms with Crippen molar-refractivity contribution in [2.24, 2.45) is 0 Å². The highest BCUT2D eigenvalue weighted by atomic mass is 32.2. The van der Waals surface area contributed by atoms with Crippen molar-refractivity contribution in [3.63, 3.8) is 0 Å². The van der Waals surface area contributed by atoms with Crippen LogP contribution < -0.4 is 4.90 Å². The number of piperazine rings is 1. The largest absolute Gasteiger partial charge is 0.384 e. The molecule has 23 heavy (non-hydrogen) atoms. The van der Waals surface area contributed by atoms with Crippen molar-refractivity contribution in [3.05, 3.63) is 18.1 Å². The number of aromatic nitrogens is 4. The van der Waals surface area contributed by atoms with Gasteiger partial charge in [0.05, 0.1) is 12.4 Å². The van der Waals surface area contributed by atoms with Gasteiger partial charge in [0, 0.05) is 45.0 Å². The van der Waals surface area contributed by atoms with Crippen LogP contribution in [-0.2, 0) is 14.8 Å². The second-order valence-electron chi connectivity index (χ2n) is 5.42. The molecule has 3 rings (SSSR count). The summed E-state index contributed by atoms with van der Waals surface area (Å²) >= 11 is 0. The minimum Gasteiger partial charge on any atom is -0.384 e. The summed E-state index contributed by atoms with van der Waals surface area (Å²) < 4.78 is 32.5. The maximum Gasteiger partial charge on any atom is 0.254 e. The van der Waals surface area contributed by atoms with E-state index >= 15 is 0 Å². The van der Waals surface area contributed by atoms with Gasteiger partial charge in [0.1, 0.15) is 12.1 Å². The summed E-state index contributed by atoms with van der Waals surface area (Å²) in [4.78, 5) is 10.5. The molecule has 0 radical (unpaired) electrons. The highest BCUT2D eigenvalue weighted by Gasteiger charge is 2.27. The molecule has 0 aromatic carbocycles. The monoisotopic (exact) mass is 340 g/mol. The lowest BCUT2D eigenvalue weighted by atomic mass is 10.3. The molecule has 0 aliphatic carbocycles. The SMILES string of the molecule is COCCS(=O)(=O)N1CCN(c2cc(C)nc3ncnn23)CC1. The predicted octanol–water partition coefficient (Wildman–Crippen LogP) is -0.469. The number of methoxy groups -OCH3 is 1. The van der Waals surface area contributed by atoms with Crippen molar-refractivity contribution in [2.45, 2.75) is 6.92 Å². The van der Waals surface area contributed by atoms with E-state index in [9.17, 15) is 8.42 Å². The zero-order chi connectivity index (χ0) is 16.4. The molecule has 2 aromatic rings. The van der Waals surface area contributed by atoms with Crippen molar-refractivity contribution in [3.8, 4) is 0 Å². The van der Waals surface area contributed by atoms with Crippen LogP contribution in [0.1, 0.15) is 5.69 Å². The molecule has 10 heteroatoms. The molecule has 0 amide bonds. The molecular weight excluding hydrogens is 320 g/mol. The van der Waals surface area contributed by atoms with Gasteiger partial charge in [-0.05, 0) is 6.92 Å². The van der Waals surface area contributed by atoms with Crippen LogP contribution in [-0.4, -0.2) is 78.0 Å². The van der Waals surface area contributed by atoms with Crippen molar-refractivity contribution < 1.29 is 13.2 Å². The van der Waals surface area contributed by atoms with E-state index in [4.69, 9.17) is 4.74 Å². The second-order valence-corrected chi connectivity index (χ2v) is 7.51. The molecule has 1 saturated heterocycles. The van der Waals surface area contributed by atoms with Crippen molar-refractivity contribution in [2.75, 3.05) is 50.5 Å². The first kappa shape index (κ1) is 16.1. The molecule has 1 fully saturated rings. The first-order valence-electron chi connectivity index (χ1n) is 7.40. The summed E-state index contributed by atoms with van der Waals surface area (Å²) in [7, 11) is -1.75. The number of hydrogen-bond donors (Lipinski definition) is 0. The van der Waals surface area contributed by atoms with Gasteiger partial charge in [0.25, 0.3) is 5.78 Å². The summed E-state index contributed by atoms with van der Waals surface area (Å²) in [5.41, 5.74) is 0.857. The summed E-state index contributed by atoms with van der Waals surface area (Å²) in [5, 5.41) is 4.20. The fourth-order valence-electron chi connectivity index (χ4n) is 2.65.